The molecule has 1 amide bonds. The quantitative estimate of drug-likeness (QED) is 0.528. The zero-order chi connectivity index (χ0) is 21.0. The molecule has 0 aliphatic rings. The van der Waals surface area contributed by atoms with Crippen molar-refractivity contribution in [3.05, 3.63) is 53.1 Å². The Balaban J connectivity index is 2.00. The molecule has 0 bridgehead atoms. The van der Waals surface area contributed by atoms with Gasteiger partial charge in [0.25, 0.3) is 5.91 Å². The van der Waals surface area contributed by atoms with E-state index in [1.165, 1.54) is 11.1 Å². The number of aryl methyl sites for hydroxylation is 2. The Bertz CT molecular complexity index is 995. The number of nitrogens with zero attached hydrogens (tertiary/aromatic N) is 3. The second kappa shape index (κ2) is 9.37. The Labute approximate surface area is 176 Å². The van der Waals surface area contributed by atoms with Crippen molar-refractivity contribution < 1.29 is 9.53 Å². The van der Waals surface area contributed by atoms with Gasteiger partial charge in [-0.05, 0) is 62.3 Å². The van der Waals surface area contributed by atoms with Gasteiger partial charge in [0.05, 0.1) is 17.3 Å². The van der Waals surface area contributed by atoms with E-state index in [1.54, 1.807) is 24.5 Å². The number of rotatable bonds is 8. The Morgan fingerprint density at radius 1 is 1.10 bits per heavy atom. The van der Waals surface area contributed by atoms with Gasteiger partial charge in [-0.25, -0.2) is 4.98 Å². The zero-order valence-electron chi connectivity index (χ0n) is 17.9. The molecule has 0 fully saturated rings. The van der Waals surface area contributed by atoms with Crippen LogP contribution in [-0.4, -0.2) is 49.1 Å². The molecule has 1 aromatic heterocycles. The van der Waals surface area contributed by atoms with Crippen LogP contribution in [-0.2, 0) is 0 Å². The van der Waals surface area contributed by atoms with Crippen LogP contribution in [0.15, 0.2) is 36.4 Å². The highest BCUT2D eigenvalue weighted by Gasteiger charge is 2.22. The summed E-state index contributed by atoms with van der Waals surface area (Å²) >= 11 is 1.58. The van der Waals surface area contributed by atoms with Crippen LogP contribution in [0.3, 0.4) is 0 Å². The van der Waals surface area contributed by atoms with E-state index in [0.717, 1.165) is 35.0 Å². The van der Waals surface area contributed by atoms with E-state index in [0.29, 0.717) is 17.9 Å². The lowest BCUT2D eigenvalue weighted by Gasteiger charge is -2.24. The van der Waals surface area contributed by atoms with Gasteiger partial charge in [0.1, 0.15) is 5.75 Å². The molecule has 3 rings (SSSR count). The minimum Gasteiger partial charge on any atom is -0.497 e. The highest BCUT2D eigenvalue weighted by atomic mass is 32.1. The average molecular weight is 412 g/mol. The summed E-state index contributed by atoms with van der Waals surface area (Å²) in [5, 5.41) is 0.744. The molecule has 0 unspecified atom stereocenters. The van der Waals surface area contributed by atoms with Crippen LogP contribution in [0.2, 0.25) is 0 Å². The van der Waals surface area contributed by atoms with Crippen LogP contribution in [0.4, 0.5) is 5.13 Å². The third-order valence-electron chi connectivity index (χ3n) is 5.14. The molecule has 0 spiro atoms. The molecule has 0 saturated heterocycles. The van der Waals surface area contributed by atoms with Crippen LogP contribution in [0, 0.1) is 13.8 Å². The number of likely N-dealkylation sites (N-methyl/N-ethyl adjacent to an activating group) is 1. The summed E-state index contributed by atoms with van der Waals surface area (Å²) in [6, 6.07) is 11.6. The average Bonchev–Trinajstić information content (AvgIpc) is 3.15. The van der Waals surface area contributed by atoms with Gasteiger partial charge in [0.2, 0.25) is 0 Å². The molecule has 5 nitrogen and oxygen atoms in total. The van der Waals surface area contributed by atoms with E-state index < -0.39 is 0 Å². The summed E-state index contributed by atoms with van der Waals surface area (Å²) in [5.74, 6) is 0.625. The molecule has 6 heteroatoms. The van der Waals surface area contributed by atoms with Crippen molar-refractivity contribution >= 4 is 32.6 Å². The largest absolute Gasteiger partial charge is 0.497 e. The monoisotopic (exact) mass is 411 g/mol. The SMILES string of the molecule is CCN(CC)CCN(C(=O)c1cccc(OC)c1)c1nc2cc(C)cc(C)c2s1. The molecular formula is C23H29N3O2S. The fraction of sp³-hybridized carbons (Fsp3) is 0.391. The maximum absolute atomic E-state index is 13.4. The Hall–Kier alpha value is -2.44. The van der Waals surface area contributed by atoms with Gasteiger partial charge in [-0.3, -0.25) is 9.69 Å². The number of thiazole rings is 1. The Kier molecular flexibility index (Phi) is 6.87. The maximum atomic E-state index is 13.4. The lowest BCUT2D eigenvalue weighted by Crippen LogP contribution is -2.38. The van der Waals surface area contributed by atoms with Gasteiger partial charge >= 0.3 is 0 Å². The minimum absolute atomic E-state index is 0.0514. The van der Waals surface area contributed by atoms with E-state index >= 15 is 0 Å². The number of benzene rings is 2. The summed E-state index contributed by atoms with van der Waals surface area (Å²) in [6.45, 7) is 11.8. The van der Waals surface area contributed by atoms with Crippen LogP contribution >= 0.6 is 11.3 Å². The molecular weight excluding hydrogens is 382 g/mol. The lowest BCUT2D eigenvalue weighted by molar-refractivity contribution is 0.0983. The predicted octanol–water partition coefficient (Wildman–Crippen LogP) is 4.91. The van der Waals surface area contributed by atoms with Gasteiger partial charge in [-0.15, -0.1) is 0 Å². The lowest BCUT2D eigenvalue weighted by atomic mass is 10.1. The molecule has 0 saturated carbocycles. The molecule has 0 N–H and O–H groups in total. The molecule has 29 heavy (non-hydrogen) atoms. The van der Waals surface area contributed by atoms with E-state index in [2.05, 4.69) is 44.7 Å². The fourth-order valence-electron chi connectivity index (χ4n) is 3.46. The Morgan fingerprint density at radius 2 is 1.86 bits per heavy atom. The second-order valence-corrected chi connectivity index (χ2v) is 8.12. The molecule has 3 aromatic rings. The number of amides is 1. The first kappa shape index (κ1) is 21.3. The zero-order valence-corrected chi connectivity index (χ0v) is 18.7. The molecule has 154 valence electrons. The van der Waals surface area contributed by atoms with Gasteiger partial charge < -0.3 is 9.64 Å². The molecule has 2 aromatic carbocycles. The molecule has 0 aliphatic heterocycles. The summed E-state index contributed by atoms with van der Waals surface area (Å²) in [5.41, 5.74) is 3.94. The number of hydrogen-bond acceptors (Lipinski definition) is 5. The second-order valence-electron chi connectivity index (χ2n) is 7.14. The van der Waals surface area contributed by atoms with E-state index in [1.807, 2.05) is 23.1 Å². The van der Waals surface area contributed by atoms with Crippen LogP contribution < -0.4 is 9.64 Å². The van der Waals surface area contributed by atoms with Crippen molar-refractivity contribution in [2.75, 3.05) is 38.2 Å². The standard InChI is InChI=1S/C23H29N3O2S/c1-6-25(7-2)11-12-26(22(27)18-9-8-10-19(15-18)28-5)23-24-20-14-16(3)13-17(4)21(20)29-23/h8-10,13-15H,6-7,11-12H2,1-5H3. The number of hydrogen-bond donors (Lipinski definition) is 0. The number of anilines is 1. The van der Waals surface area contributed by atoms with E-state index in [4.69, 9.17) is 9.72 Å². The van der Waals surface area contributed by atoms with Crippen molar-refractivity contribution in [1.82, 2.24) is 9.88 Å². The molecule has 1 heterocycles. The summed E-state index contributed by atoms with van der Waals surface area (Å²) < 4.78 is 6.44. The number of methoxy groups -OCH3 is 1. The van der Waals surface area contributed by atoms with E-state index in [9.17, 15) is 4.79 Å². The first-order chi connectivity index (χ1) is 14.0. The highest BCUT2D eigenvalue weighted by Crippen LogP contribution is 2.33. The number of carbonyl (C=O) groups is 1. The van der Waals surface area contributed by atoms with Crippen molar-refractivity contribution in [2.24, 2.45) is 0 Å². The summed E-state index contributed by atoms with van der Waals surface area (Å²) in [4.78, 5) is 22.4. The third-order valence-corrected chi connectivity index (χ3v) is 6.37. The van der Waals surface area contributed by atoms with Crippen molar-refractivity contribution in [1.29, 1.82) is 0 Å². The number of aromatic nitrogens is 1. The normalized spacial score (nSPS) is 11.2. The highest BCUT2D eigenvalue weighted by molar-refractivity contribution is 7.22. The number of ether oxygens (including phenoxy) is 1. The number of carbonyl (C=O) groups excluding carboxylic acids is 1. The topological polar surface area (TPSA) is 45.7 Å². The first-order valence-electron chi connectivity index (χ1n) is 10.0. The predicted molar refractivity (Wildman–Crippen MR) is 122 cm³/mol. The van der Waals surface area contributed by atoms with Crippen molar-refractivity contribution in [3.63, 3.8) is 0 Å². The summed E-state index contributed by atoms with van der Waals surface area (Å²) in [7, 11) is 1.61. The van der Waals surface area contributed by atoms with Crippen molar-refractivity contribution in [3.8, 4) is 5.75 Å². The van der Waals surface area contributed by atoms with Crippen LogP contribution in [0.25, 0.3) is 10.2 Å². The van der Waals surface area contributed by atoms with Gasteiger partial charge in [0.15, 0.2) is 5.13 Å². The Morgan fingerprint density at radius 3 is 2.55 bits per heavy atom. The van der Waals surface area contributed by atoms with Crippen molar-refractivity contribution in [2.45, 2.75) is 27.7 Å². The molecule has 0 aliphatic carbocycles. The molecule has 0 radical (unpaired) electrons. The summed E-state index contributed by atoms with van der Waals surface area (Å²) in [6.07, 6.45) is 0. The van der Waals surface area contributed by atoms with Gasteiger partial charge in [-0.2, -0.15) is 0 Å². The smallest absolute Gasteiger partial charge is 0.260 e. The number of fused-ring (bicyclic) bond motifs is 1. The van der Waals surface area contributed by atoms with Crippen LogP contribution in [0.1, 0.15) is 35.3 Å². The fourth-order valence-corrected chi connectivity index (χ4v) is 4.50. The first-order valence-corrected chi connectivity index (χ1v) is 10.8. The van der Waals surface area contributed by atoms with E-state index in [-0.39, 0.29) is 5.91 Å². The minimum atomic E-state index is -0.0514. The van der Waals surface area contributed by atoms with Gasteiger partial charge in [-0.1, -0.05) is 37.3 Å². The van der Waals surface area contributed by atoms with Gasteiger partial charge in [0, 0.05) is 18.7 Å². The molecule has 0 atom stereocenters. The van der Waals surface area contributed by atoms with Crippen LogP contribution in [0.5, 0.6) is 5.75 Å². The third kappa shape index (κ3) is 4.77. The maximum Gasteiger partial charge on any atom is 0.260 e.